The predicted octanol–water partition coefficient (Wildman–Crippen LogP) is 4.23. The number of carbonyl (C=O) groups is 4. The number of rotatable bonds is 11. The van der Waals surface area contributed by atoms with Gasteiger partial charge in [0.25, 0.3) is 5.91 Å². The summed E-state index contributed by atoms with van der Waals surface area (Å²) in [6.45, 7) is 14.7. The number of primary amides is 1. The summed E-state index contributed by atoms with van der Waals surface area (Å²) in [5.74, 6) is 0.883. The van der Waals surface area contributed by atoms with Crippen molar-refractivity contribution in [1.82, 2.24) is 20.1 Å². The van der Waals surface area contributed by atoms with Crippen molar-refractivity contribution in [2.24, 2.45) is 22.5 Å². The van der Waals surface area contributed by atoms with E-state index in [1.807, 2.05) is 58.0 Å². The summed E-state index contributed by atoms with van der Waals surface area (Å²) in [7, 11) is 1.51. The molecule has 7 rings (SSSR count). The number of pyridine rings is 1. The minimum Gasteiger partial charge on any atom is -0.495 e. The third kappa shape index (κ3) is 7.92. The summed E-state index contributed by atoms with van der Waals surface area (Å²) in [5.41, 5.74) is 6.52. The highest BCUT2D eigenvalue weighted by atomic mass is 16.5. The largest absolute Gasteiger partial charge is 0.495 e. The number of nitriles is 1. The van der Waals surface area contributed by atoms with E-state index >= 15 is 0 Å². The van der Waals surface area contributed by atoms with Crippen LogP contribution in [-0.4, -0.2) is 110 Å². The number of benzene rings is 2. The van der Waals surface area contributed by atoms with Crippen LogP contribution in [0.25, 0.3) is 0 Å². The Bertz CT molecular complexity index is 2050. The van der Waals surface area contributed by atoms with E-state index in [-0.39, 0.29) is 30.8 Å². The molecule has 14 nitrogen and oxygen atoms in total. The first-order chi connectivity index (χ1) is 27.7. The fourth-order valence-electron chi connectivity index (χ4n) is 10.1. The summed E-state index contributed by atoms with van der Waals surface area (Å²) in [4.78, 5) is 65.1. The summed E-state index contributed by atoms with van der Waals surface area (Å²) in [5, 5.41) is 11.9. The van der Waals surface area contributed by atoms with Gasteiger partial charge in [-0.05, 0) is 73.7 Å². The molecule has 3 aromatic rings. The fourth-order valence-corrected chi connectivity index (χ4v) is 10.1. The van der Waals surface area contributed by atoms with Gasteiger partial charge < -0.3 is 29.9 Å². The summed E-state index contributed by atoms with van der Waals surface area (Å²) in [6, 6.07) is 17.3. The Morgan fingerprint density at radius 3 is 2.17 bits per heavy atom. The number of piperazine rings is 1. The molecule has 4 aliphatic rings. The first-order valence-electron chi connectivity index (χ1n) is 20.2. The van der Waals surface area contributed by atoms with E-state index in [0.29, 0.717) is 34.1 Å². The molecular weight excluding hydrogens is 737 g/mol. The van der Waals surface area contributed by atoms with Crippen molar-refractivity contribution in [3.8, 4) is 17.6 Å². The van der Waals surface area contributed by atoms with E-state index in [9.17, 15) is 24.4 Å². The molecule has 0 unspecified atom stereocenters. The van der Waals surface area contributed by atoms with Gasteiger partial charge in [0.05, 0.1) is 24.3 Å². The molecule has 3 saturated heterocycles. The van der Waals surface area contributed by atoms with Crippen molar-refractivity contribution in [1.29, 1.82) is 5.26 Å². The number of piperidine rings is 2. The number of carbonyl (C=O) groups excluding carboxylic acids is 4. The third-order valence-corrected chi connectivity index (χ3v) is 12.7. The van der Waals surface area contributed by atoms with Crippen LogP contribution in [0.1, 0.15) is 79.7 Å². The number of nitrogens with zero attached hydrogens (tertiary/aromatic N) is 6. The minimum absolute atomic E-state index is 0.148. The summed E-state index contributed by atoms with van der Waals surface area (Å²) in [6.07, 6.45) is 3.72. The second-order valence-electron chi connectivity index (χ2n) is 17.2. The Labute approximate surface area is 340 Å². The molecule has 4 fully saturated rings. The smallest absolute Gasteiger partial charge is 0.254 e. The van der Waals surface area contributed by atoms with E-state index in [4.69, 9.17) is 15.2 Å². The number of amides is 4. The van der Waals surface area contributed by atoms with Crippen molar-refractivity contribution in [2.75, 3.05) is 62.7 Å². The number of nitrogens with one attached hydrogen (secondary N) is 1. The van der Waals surface area contributed by atoms with Gasteiger partial charge in [-0.15, -0.1) is 0 Å². The molecule has 3 aliphatic heterocycles. The third-order valence-electron chi connectivity index (χ3n) is 12.7. The van der Waals surface area contributed by atoms with Gasteiger partial charge in [0.1, 0.15) is 35.5 Å². The average Bonchev–Trinajstić information content (AvgIpc) is 3.22. The molecule has 0 bridgehead atoms. The normalized spacial score (nSPS) is 23.3. The molecule has 1 aromatic heterocycles. The maximum absolute atomic E-state index is 14.7. The van der Waals surface area contributed by atoms with Crippen molar-refractivity contribution in [3.63, 3.8) is 0 Å². The first kappa shape index (κ1) is 40.5. The molecule has 58 heavy (non-hydrogen) atoms. The first-order valence-corrected chi connectivity index (χ1v) is 20.2. The summed E-state index contributed by atoms with van der Waals surface area (Å²) < 4.78 is 12.0. The topological polar surface area (TPSA) is 174 Å². The zero-order valence-electron chi connectivity index (χ0n) is 34.1. The van der Waals surface area contributed by atoms with Gasteiger partial charge in [-0.25, -0.2) is 4.98 Å². The van der Waals surface area contributed by atoms with Crippen molar-refractivity contribution < 1.29 is 28.7 Å². The minimum atomic E-state index is -0.821. The molecule has 0 radical (unpaired) electrons. The Morgan fingerprint density at radius 2 is 1.59 bits per heavy atom. The highest BCUT2D eigenvalue weighted by Crippen LogP contribution is 2.59. The molecule has 2 aromatic carbocycles. The maximum Gasteiger partial charge on any atom is 0.254 e. The molecule has 1 atom stereocenters. The van der Waals surface area contributed by atoms with Gasteiger partial charge >= 0.3 is 0 Å². The van der Waals surface area contributed by atoms with Crippen molar-refractivity contribution in [3.05, 3.63) is 77.5 Å². The second-order valence-corrected chi connectivity index (χ2v) is 17.2. The van der Waals surface area contributed by atoms with Gasteiger partial charge in [0.2, 0.25) is 17.7 Å². The van der Waals surface area contributed by atoms with Gasteiger partial charge in [0.15, 0.2) is 0 Å². The highest BCUT2D eigenvalue weighted by molar-refractivity contribution is 6.04. The van der Waals surface area contributed by atoms with Crippen LogP contribution in [0.4, 0.5) is 11.5 Å². The predicted molar refractivity (Wildman–Crippen MR) is 219 cm³/mol. The lowest BCUT2D eigenvalue weighted by molar-refractivity contribution is -0.206. The molecule has 306 valence electrons. The zero-order chi connectivity index (χ0) is 41.4. The van der Waals surface area contributed by atoms with Crippen LogP contribution in [0, 0.1) is 28.1 Å². The lowest BCUT2D eigenvalue weighted by Crippen LogP contribution is -2.77. The number of aromatic nitrogens is 1. The van der Waals surface area contributed by atoms with E-state index < -0.39 is 34.7 Å². The lowest BCUT2D eigenvalue weighted by Gasteiger charge is -2.66. The van der Waals surface area contributed by atoms with E-state index in [1.54, 1.807) is 35.4 Å². The fraction of sp³-hybridized carbons (Fsp3) is 0.500. The molecule has 14 heteroatoms. The van der Waals surface area contributed by atoms with Gasteiger partial charge in [0, 0.05) is 86.6 Å². The molecular formula is C44H54N8O6. The van der Waals surface area contributed by atoms with Crippen LogP contribution < -0.4 is 30.3 Å². The van der Waals surface area contributed by atoms with Crippen molar-refractivity contribution >= 4 is 35.1 Å². The van der Waals surface area contributed by atoms with Crippen LogP contribution in [0.3, 0.4) is 0 Å². The number of methoxy groups -OCH3 is 1. The Balaban J connectivity index is 0.991. The van der Waals surface area contributed by atoms with Crippen LogP contribution in [0.15, 0.2) is 60.8 Å². The quantitative estimate of drug-likeness (QED) is 0.266. The molecule has 4 amide bonds. The number of imide groups is 1. The summed E-state index contributed by atoms with van der Waals surface area (Å²) >= 11 is 0. The monoisotopic (exact) mass is 790 g/mol. The molecule has 1 aliphatic carbocycles. The highest BCUT2D eigenvalue weighted by Gasteiger charge is 2.67. The van der Waals surface area contributed by atoms with Gasteiger partial charge in [-0.3, -0.25) is 29.4 Å². The van der Waals surface area contributed by atoms with Crippen molar-refractivity contribution in [2.45, 2.75) is 71.6 Å². The Hall–Kier alpha value is -5.68. The molecule has 3 N–H and O–H groups in total. The standard InChI is InChI=1S/C44H54N8O6/c1-43(2)41(44(3,4)42(43)58-33-12-8-30(25-45)35(24-33)57-5)52(34-13-15-37(53)48-39(34)55)40(56)29-6-10-32(11-7-29)50-18-16-28(17-19-50)27-49-20-22-51(23-21-49)36-14-9-31(26-47-36)38(46)54/h6-12,14,24,26,28,34,41-42H,13,15-23,27H2,1-5H3,(H2,46,54)(H,48,53,55)/t34-,41?,42?/m0/s1. The zero-order valence-corrected chi connectivity index (χ0v) is 34.1. The molecule has 4 heterocycles. The number of hydrogen-bond acceptors (Lipinski definition) is 11. The van der Waals surface area contributed by atoms with Crippen LogP contribution in [-0.2, 0) is 9.59 Å². The van der Waals surface area contributed by atoms with Crippen LogP contribution in [0.2, 0.25) is 0 Å². The number of ether oxygens (including phenoxy) is 2. The molecule has 0 spiro atoms. The SMILES string of the molecule is COc1cc(OC2C(C)(C)C(N(C(=O)c3ccc(N4CCC(CN5CCN(c6ccc(C(N)=O)cn6)CC5)CC4)cc3)[C@H]3CCC(=O)NC3=O)C2(C)C)ccc1C#N. The number of nitrogens with two attached hydrogens (primary N) is 1. The Kier molecular flexibility index (Phi) is 11.4. The van der Waals surface area contributed by atoms with E-state index in [0.717, 1.165) is 70.2 Å². The maximum atomic E-state index is 14.7. The number of anilines is 2. The van der Waals surface area contributed by atoms with Gasteiger partial charge in [-0.2, -0.15) is 5.26 Å². The lowest BCUT2D eigenvalue weighted by atomic mass is 9.48. The van der Waals surface area contributed by atoms with Crippen LogP contribution in [0.5, 0.6) is 11.5 Å². The average molecular weight is 791 g/mol. The van der Waals surface area contributed by atoms with E-state index in [1.165, 1.54) is 7.11 Å². The van der Waals surface area contributed by atoms with E-state index in [2.05, 4.69) is 31.1 Å². The van der Waals surface area contributed by atoms with Crippen LogP contribution >= 0.6 is 0 Å². The van der Waals surface area contributed by atoms with Gasteiger partial charge in [-0.1, -0.05) is 27.7 Å². The Morgan fingerprint density at radius 1 is 0.914 bits per heavy atom. The number of hydrogen-bond donors (Lipinski definition) is 2. The molecule has 1 saturated carbocycles. The second kappa shape index (κ2) is 16.3.